The predicted octanol–water partition coefficient (Wildman–Crippen LogP) is 5.13. The van der Waals surface area contributed by atoms with Crippen LogP contribution in [0.5, 0.6) is 0 Å². The van der Waals surface area contributed by atoms with Crippen molar-refractivity contribution in [2.24, 2.45) is 5.92 Å². The second-order valence-electron chi connectivity index (χ2n) is 10.4. The molecule has 1 aromatic heterocycles. The summed E-state index contributed by atoms with van der Waals surface area (Å²) in [5.41, 5.74) is 4.50. The molecule has 0 saturated carbocycles. The minimum atomic E-state index is -0.278. The number of piperidine rings is 2. The standard InChI is InChI=1S/C30H37N3O2/c1-22-5-4-6-25(19-22)29(34)13-18-32-14-11-24(12-15-32)30(35)21-33-16-9-23(10-17-33)27-20-31-28-8-3-2-7-26(27)28/h2-8,13,18-20,23-24,30-31,35H,9-12,14-17,21H2,1H3. The molecule has 2 fully saturated rings. The number of aliphatic hydroxyl groups excluding tert-OH is 1. The molecule has 35 heavy (non-hydrogen) atoms. The van der Waals surface area contributed by atoms with Gasteiger partial charge >= 0.3 is 0 Å². The van der Waals surface area contributed by atoms with Crippen molar-refractivity contribution < 1.29 is 9.90 Å². The number of β-amino-alcohol motifs (C(OH)–C–C–N with tert-alkyl or cyclic N) is 1. The first-order valence-electron chi connectivity index (χ1n) is 13.1. The third kappa shape index (κ3) is 5.68. The molecule has 3 heterocycles. The van der Waals surface area contributed by atoms with E-state index in [1.165, 1.54) is 16.5 Å². The van der Waals surface area contributed by atoms with Gasteiger partial charge in [0.2, 0.25) is 0 Å². The number of fused-ring (bicyclic) bond motifs is 1. The average molecular weight is 472 g/mol. The predicted molar refractivity (Wildman–Crippen MR) is 142 cm³/mol. The van der Waals surface area contributed by atoms with Crippen LogP contribution in [-0.4, -0.2) is 64.5 Å². The second-order valence-corrected chi connectivity index (χ2v) is 10.4. The number of aryl methyl sites for hydroxylation is 1. The summed E-state index contributed by atoms with van der Waals surface area (Å²) in [5, 5.41) is 12.3. The van der Waals surface area contributed by atoms with Gasteiger partial charge in [0.05, 0.1) is 6.10 Å². The zero-order valence-electron chi connectivity index (χ0n) is 20.7. The van der Waals surface area contributed by atoms with E-state index in [1.807, 2.05) is 37.4 Å². The highest BCUT2D eigenvalue weighted by Crippen LogP contribution is 2.33. The number of likely N-dealkylation sites (tertiary alicyclic amines) is 2. The third-order valence-electron chi connectivity index (χ3n) is 7.95. The Bertz CT molecular complexity index is 1170. The highest BCUT2D eigenvalue weighted by atomic mass is 16.3. The van der Waals surface area contributed by atoms with Gasteiger partial charge in [-0.15, -0.1) is 0 Å². The number of aromatic amines is 1. The van der Waals surface area contributed by atoms with E-state index in [4.69, 9.17) is 0 Å². The van der Waals surface area contributed by atoms with Gasteiger partial charge in [0.25, 0.3) is 0 Å². The van der Waals surface area contributed by atoms with E-state index in [1.54, 1.807) is 6.08 Å². The molecular formula is C30H37N3O2. The minimum Gasteiger partial charge on any atom is -0.392 e. The Hall–Kier alpha value is -2.89. The molecule has 5 heteroatoms. The zero-order chi connectivity index (χ0) is 24.2. The van der Waals surface area contributed by atoms with E-state index < -0.39 is 0 Å². The van der Waals surface area contributed by atoms with E-state index in [-0.39, 0.29) is 11.9 Å². The Morgan fingerprint density at radius 3 is 2.60 bits per heavy atom. The number of ketones is 1. The van der Waals surface area contributed by atoms with E-state index >= 15 is 0 Å². The maximum Gasteiger partial charge on any atom is 0.187 e. The van der Waals surface area contributed by atoms with Gasteiger partial charge in [-0.1, -0.05) is 42.0 Å². The SMILES string of the molecule is Cc1cccc(C(=O)C=CN2CCC(C(O)CN3CCC(c4c[nH]c5ccccc45)CC3)CC2)c1. The summed E-state index contributed by atoms with van der Waals surface area (Å²) in [4.78, 5) is 20.5. The summed E-state index contributed by atoms with van der Waals surface area (Å²) in [6.07, 6.45) is 9.76. The number of aliphatic hydroxyl groups is 1. The zero-order valence-corrected chi connectivity index (χ0v) is 20.7. The molecule has 184 valence electrons. The number of allylic oxidation sites excluding steroid dienone is 1. The molecule has 0 bridgehead atoms. The van der Waals surface area contributed by atoms with Crippen LogP contribution in [0.15, 0.2) is 67.0 Å². The lowest BCUT2D eigenvalue weighted by Crippen LogP contribution is -2.43. The normalized spacial score (nSPS) is 19.5. The third-order valence-corrected chi connectivity index (χ3v) is 7.95. The fourth-order valence-electron chi connectivity index (χ4n) is 5.79. The highest BCUT2D eigenvalue weighted by molar-refractivity contribution is 6.04. The van der Waals surface area contributed by atoms with Crippen LogP contribution in [0.2, 0.25) is 0 Å². The van der Waals surface area contributed by atoms with Crippen molar-refractivity contribution in [1.82, 2.24) is 14.8 Å². The number of hydrogen-bond donors (Lipinski definition) is 2. The van der Waals surface area contributed by atoms with E-state index in [0.29, 0.717) is 11.8 Å². The molecule has 2 aliphatic rings. The van der Waals surface area contributed by atoms with Crippen molar-refractivity contribution in [2.45, 2.75) is 44.6 Å². The molecule has 5 nitrogen and oxygen atoms in total. The number of benzene rings is 2. The molecule has 0 radical (unpaired) electrons. The molecule has 0 spiro atoms. The average Bonchev–Trinajstić information content (AvgIpc) is 3.32. The number of nitrogens with one attached hydrogen (secondary N) is 1. The Labute approximate surface area is 208 Å². The lowest BCUT2D eigenvalue weighted by molar-refractivity contribution is 0.0319. The van der Waals surface area contributed by atoms with Gasteiger partial charge in [-0.05, 0) is 75.2 Å². The van der Waals surface area contributed by atoms with Gasteiger partial charge < -0.3 is 19.9 Å². The molecular weight excluding hydrogens is 434 g/mol. The first-order chi connectivity index (χ1) is 17.1. The van der Waals surface area contributed by atoms with Gasteiger partial charge in [-0.25, -0.2) is 0 Å². The molecule has 3 aromatic rings. The maximum atomic E-state index is 12.4. The van der Waals surface area contributed by atoms with Gasteiger partial charge in [0.15, 0.2) is 5.78 Å². The van der Waals surface area contributed by atoms with Crippen molar-refractivity contribution in [1.29, 1.82) is 0 Å². The smallest absolute Gasteiger partial charge is 0.187 e. The molecule has 1 atom stereocenters. The van der Waals surface area contributed by atoms with Crippen LogP contribution in [0.25, 0.3) is 10.9 Å². The van der Waals surface area contributed by atoms with Crippen molar-refractivity contribution >= 4 is 16.7 Å². The van der Waals surface area contributed by atoms with Crippen LogP contribution in [0.1, 0.15) is 53.1 Å². The Kier molecular flexibility index (Phi) is 7.35. The number of hydrogen-bond acceptors (Lipinski definition) is 4. The molecule has 0 aliphatic carbocycles. The first kappa shape index (κ1) is 23.8. The number of aromatic nitrogens is 1. The lowest BCUT2D eigenvalue weighted by Gasteiger charge is -2.37. The van der Waals surface area contributed by atoms with Crippen LogP contribution in [0.4, 0.5) is 0 Å². The number of rotatable bonds is 7. The quantitative estimate of drug-likeness (QED) is 0.371. The molecule has 0 amide bonds. The van der Waals surface area contributed by atoms with Crippen molar-refractivity contribution in [2.75, 3.05) is 32.7 Å². The Morgan fingerprint density at radius 1 is 1.06 bits per heavy atom. The fourth-order valence-corrected chi connectivity index (χ4v) is 5.79. The number of nitrogens with zero attached hydrogens (tertiary/aromatic N) is 2. The summed E-state index contributed by atoms with van der Waals surface area (Å²) < 4.78 is 0. The maximum absolute atomic E-state index is 12.4. The number of carbonyl (C=O) groups excluding carboxylic acids is 1. The van der Waals surface area contributed by atoms with Crippen molar-refractivity contribution in [3.05, 3.63) is 83.7 Å². The molecule has 2 N–H and O–H groups in total. The minimum absolute atomic E-state index is 0.0481. The fraction of sp³-hybridized carbons (Fsp3) is 0.433. The van der Waals surface area contributed by atoms with Crippen LogP contribution < -0.4 is 0 Å². The molecule has 2 saturated heterocycles. The first-order valence-corrected chi connectivity index (χ1v) is 13.1. The monoisotopic (exact) mass is 471 g/mol. The van der Waals surface area contributed by atoms with E-state index in [2.05, 4.69) is 45.2 Å². The second kappa shape index (κ2) is 10.8. The summed E-state index contributed by atoms with van der Waals surface area (Å²) in [6.45, 7) is 6.65. The van der Waals surface area contributed by atoms with Crippen LogP contribution in [-0.2, 0) is 0 Å². The van der Waals surface area contributed by atoms with Gasteiger partial charge in [0, 0.05) is 54.6 Å². The van der Waals surface area contributed by atoms with Gasteiger partial charge in [-0.2, -0.15) is 0 Å². The van der Waals surface area contributed by atoms with Crippen molar-refractivity contribution in [3.63, 3.8) is 0 Å². The van der Waals surface area contributed by atoms with Gasteiger partial charge in [0.1, 0.15) is 0 Å². The van der Waals surface area contributed by atoms with E-state index in [0.717, 1.165) is 69.5 Å². The molecule has 5 rings (SSSR count). The summed E-state index contributed by atoms with van der Waals surface area (Å²) in [5.74, 6) is 0.974. The molecule has 2 aromatic carbocycles. The Balaban J connectivity index is 1.06. The highest BCUT2D eigenvalue weighted by Gasteiger charge is 2.28. The topological polar surface area (TPSA) is 59.6 Å². The molecule has 2 aliphatic heterocycles. The van der Waals surface area contributed by atoms with Crippen LogP contribution >= 0.6 is 0 Å². The van der Waals surface area contributed by atoms with Crippen molar-refractivity contribution in [3.8, 4) is 0 Å². The number of H-pyrrole nitrogens is 1. The lowest BCUT2D eigenvalue weighted by atomic mass is 9.87. The largest absolute Gasteiger partial charge is 0.392 e. The Morgan fingerprint density at radius 2 is 1.83 bits per heavy atom. The summed E-state index contributed by atoms with van der Waals surface area (Å²) in [6, 6.07) is 16.3. The van der Waals surface area contributed by atoms with Crippen LogP contribution in [0.3, 0.4) is 0 Å². The van der Waals surface area contributed by atoms with E-state index in [9.17, 15) is 9.90 Å². The molecule has 1 unspecified atom stereocenters. The summed E-state index contributed by atoms with van der Waals surface area (Å²) >= 11 is 0. The van der Waals surface area contributed by atoms with Crippen LogP contribution in [0, 0.1) is 12.8 Å². The van der Waals surface area contributed by atoms with Gasteiger partial charge in [-0.3, -0.25) is 4.79 Å². The number of para-hydroxylation sites is 1. The summed E-state index contributed by atoms with van der Waals surface area (Å²) in [7, 11) is 0. The number of carbonyl (C=O) groups is 1.